The fourth-order valence-electron chi connectivity index (χ4n) is 1.47. The molecule has 1 aromatic carbocycles. The minimum atomic E-state index is -3.31. The van der Waals surface area contributed by atoms with Crippen molar-refractivity contribution in [2.75, 3.05) is 22.9 Å². The molecule has 4 N–H and O–H groups in total. The van der Waals surface area contributed by atoms with Gasteiger partial charge in [0, 0.05) is 11.4 Å². The number of aliphatic hydroxyl groups is 1. The molecule has 0 heterocycles. The molecular weight excluding hydrogens is 282 g/mol. The minimum Gasteiger partial charge on any atom is -0.394 e. The number of urea groups is 1. The topological polar surface area (TPSA) is 108 Å². The van der Waals surface area contributed by atoms with Gasteiger partial charge in [0.25, 0.3) is 0 Å². The van der Waals surface area contributed by atoms with E-state index in [1.807, 2.05) is 6.92 Å². The summed E-state index contributed by atoms with van der Waals surface area (Å²) in [5.41, 5.74) is 0.939. The maximum absolute atomic E-state index is 11.6. The van der Waals surface area contributed by atoms with Crippen LogP contribution in [0.5, 0.6) is 0 Å². The third kappa shape index (κ3) is 5.89. The zero-order valence-corrected chi connectivity index (χ0v) is 12.2. The van der Waals surface area contributed by atoms with Crippen LogP contribution in [0.1, 0.15) is 13.3 Å². The van der Waals surface area contributed by atoms with Gasteiger partial charge in [-0.2, -0.15) is 0 Å². The molecule has 0 bridgehead atoms. The van der Waals surface area contributed by atoms with E-state index in [1.54, 1.807) is 24.3 Å². The van der Waals surface area contributed by atoms with E-state index in [9.17, 15) is 13.2 Å². The molecule has 0 aliphatic heterocycles. The molecule has 20 heavy (non-hydrogen) atoms. The van der Waals surface area contributed by atoms with E-state index in [1.165, 1.54) is 0 Å². The van der Waals surface area contributed by atoms with E-state index in [2.05, 4.69) is 15.4 Å². The average molecular weight is 301 g/mol. The van der Waals surface area contributed by atoms with Gasteiger partial charge in [0.2, 0.25) is 10.0 Å². The van der Waals surface area contributed by atoms with Crippen LogP contribution in [0.15, 0.2) is 24.3 Å². The van der Waals surface area contributed by atoms with Crippen molar-refractivity contribution in [3.8, 4) is 0 Å². The molecule has 7 nitrogen and oxygen atoms in total. The maximum Gasteiger partial charge on any atom is 0.319 e. The van der Waals surface area contributed by atoms with Gasteiger partial charge in [-0.1, -0.05) is 6.92 Å². The Morgan fingerprint density at radius 1 is 1.25 bits per heavy atom. The first-order chi connectivity index (χ1) is 9.34. The van der Waals surface area contributed by atoms with Gasteiger partial charge in [0.05, 0.1) is 18.9 Å². The second-order valence-electron chi connectivity index (χ2n) is 4.34. The van der Waals surface area contributed by atoms with Gasteiger partial charge < -0.3 is 15.7 Å². The number of anilines is 2. The Morgan fingerprint density at radius 3 is 2.25 bits per heavy atom. The van der Waals surface area contributed by atoms with Gasteiger partial charge in [-0.3, -0.25) is 4.72 Å². The predicted octanol–water partition coefficient (Wildman–Crippen LogP) is 0.950. The van der Waals surface area contributed by atoms with Crippen LogP contribution in [0.4, 0.5) is 16.2 Å². The molecule has 1 rings (SSSR count). The van der Waals surface area contributed by atoms with Gasteiger partial charge in [-0.05, 0) is 30.7 Å². The summed E-state index contributed by atoms with van der Waals surface area (Å²) in [6, 6.07) is 5.52. The second kappa shape index (κ2) is 7.11. The Balaban J connectivity index is 2.59. The fraction of sp³-hybridized carbons (Fsp3) is 0.417. The summed E-state index contributed by atoms with van der Waals surface area (Å²) in [5.74, 6) is 0. The van der Waals surface area contributed by atoms with Crippen LogP contribution < -0.4 is 15.4 Å². The smallest absolute Gasteiger partial charge is 0.319 e. The number of rotatable bonds is 6. The lowest BCUT2D eigenvalue weighted by Gasteiger charge is -2.14. The van der Waals surface area contributed by atoms with E-state index in [-0.39, 0.29) is 12.6 Å². The van der Waals surface area contributed by atoms with E-state index in [0.29, 0.717) is 17.8 Å². The molecule has 0 saturated heterocycles. The zero-order chi connectivity index (χ0) is 15.2. The van der Waals surface area contributed by atoms with Crippen LogP contribution in [0.2, 0.25) is 0 Å². The molecule has 0 aliphatic carbocycles. The van der Waals surface area contributed by atoms with Crippen LogP contribution in [0.3, 0.4) is 0 Å². The molecule has 0 saturated carbocycles. The van der Waals surface area contributed by atoms with E-state index >= 15 is 0 Å². The molecular formula is C12H19N3O4S. The van der Waals surface area contributed by atoms with E-state index < -0.39 is 16.1 Å². The summed E-state index contributed by atoms with van der Waals surface area (Å²) in [4.78, 5) is 11.6. The summed E-state index contributed by atoms with van der Waals surface area (Å²) < 4.78 is 24.4. The van der Waals surface area contributed by atoms with Crippen molar-refractivity contribution in [2.45, 2.75) is 19.4 Å². The molecule has 1 unspecified atom stereocenters. The van der Waals surface area contributed by atoms with Crippen LogP contribution in [-0.2, 0) is 10.0 Å². The van der Waals surface area contributed by atoms with Gasteiger partial charge in [0.15, 0.2) is 0 Å². The average Bonchev–Trinajstić information content (AvgIpc) is 2.36. The lowest BCUT2D eigenvalue weighted by atomic mass is 10.2. The highest BCUT2D eigenvalue weighted by Crippen LogP contribution is 2.14. The fourth-order valence-corrected chi connectivity index (χ4v) is 2.03. The molecule has 0 fully saturated rings. The van der Waals surface area contributed by atoms with Gasteiger partial charge in [0.1, 0.15) is 0 Å². The number of hydrogen-bond donors (Lipinski definition) is 4. The number of hydrogen-bond acceptors (Lipinski definition) is 4. The SMILES string of the molecule is CCC(CO)NC(=O)Nc1ccc(NS(C)(=O)=O)cc1. The Kier molecular flexibility index (Phi) is 5.78. The van der Waals surface area contributed by atoms with Crippen molar-refractivity contribution in [2.24, 2.45) is 0 Å². The highest BCUT2D eigenvalue weighted by atomic mass is 32.2. The summed E-state index contributed by atoms with van der Waals surface area (Å²) in [6.45, 7) is 1.73. The first kappa shape index (κ1) is 16.3. The third-order valence-corrected chi connectivity index (χ3v) is 3.10. The predicted molar refractivity (Wildman–Crippen MR) is 78.2 cm³/mol. The van der Waals surface area contributed by atoms with Crippen molar-refractivity contribution in [3.05, 3.63) is 24.3 Å². The van der Waals surface area contributed by atoms with Crippen LogP contribution in [0.25, 0.3) is 0 Å². The highest BCUT2D eigenvalue weighted by Gasteiger charge is 2.09. The minimum absolute atomic E-state index is 0.124. The third-order valence-electron chi connectivity index (χ3n) is 2.49. The molecule has 0 spiro atoms. The molecule has 1 atom stereocenters. The number of nitrogens with one attached hydrogen (secondary N) is 3. The monoisotopic (exact) mass is 301 g/mol. The number of amides is 2. The van der Waals surface area contributed by atoms with Crippen molar-refractivity contribution in [1.82, 2.24) is 5.32 Å². The first-order valence-corrected chi connectivity index (χ1v) is 7.99. The number of carbonyl (C=O) groups is 1. The van der Waals surface area contributed by atoms with E-state index in [0.717, 1.165) is 6.26 Å². The van der Waals surface area contributed by atoms with Crippen molar-refractivity contribution < 1.29 is 18.3 Å². The Bertz CT molecular complexity index is 538. The lowest BCUT2D eigenvalue weighted by molar-refractivity contribution is 0.222. The number of aliphatic hydroxyl groups excluding tert-OH is 1. The molecule has 2 amide bonds. The van der Waals surface area contributed by atoms with Gasteiger partial charge in [-0.25, -0.2) is 13.2 Å². The number of sulfonamides is 1. The lowest BCUT2D eigenvalue weighted by Crippen LogP contribution is -2.39. The Morgan fingerprint density at radius 2 is 1.80 bits per heavy atom. The second-order valence-corrected chi connectivity index (χ2v) is 6.09. The standard InChI is InChI=1S/C12H19N3O4S/c1-3-9(8-16)13-12(17)14-10-4-6-11(7-5-10)15-20(2,18)19/h4-7,9,15-16H,3,8H2,1-2H3,(H2,13,14,17). The largest absolute Gasteiger partial charge is 0.394 e. The maximum atomic E-state index is 11.6. The van der Waals surface area contributed by atoms with Crippen molar-refractivity contribution in [3.63, 3.8) is 0 Å². The number of carbonyl (C=O) groups excluding carboxylic acids is 1. The van der Waals surface area contributed by atoms with E-state index in [4.69, 9.17) is 5.11 Å². The molecule has 8 heteroatoms. The zero-order valence-electron chi connectivity index (χ0n) is 11.4. The quantitative estimate of drug-likeness (QED) is 0.627. The summed E-state index contributed by atoms with van der Waals surface area (Å²) in [5, 5.41) is 14.2. The normalized spacial score (nSPS) is 12.6. The Labute approximate surface area is 118 Å². The molecule has 0 aliphatic rings. The van der Waals surface area contributed by atoms with Crippen LogP contribution >= 0.6 is 0 Å². The summed E-state index contributed by atoms with van der Waals surface area (Å²) in [6.07, 6.45) is 1.69. The highest BCUT2D eigenvalue weighted by molar-refractivity contribution is 7.92. The number of benzene rings is 1. The van der Waals surface area contributed by atoms with Crippen molar-refractivity contribution >= 4 is 27.4 Å². The molecule has 112 valence electrons. The summed E-state index contributed by atoms with van der Waals surface area (Å²) in [7, 11) is -3.31. The van der Waals surface area contributed by atoms with Crippen LogP contribution in [0, 0.1) is 0 Å². The van der Waals surface area contributed by atoms with Crippen molar-refractivity contribution in [1.29, 1.82) is 0 Å². The Hall–Kier alpha value is -1.80. The first-order valence-electron chi connectivity index (χ1n) is 6.10. The van der Waals surface area contributed by atoms with Gasteiger partial charge >= 0.3 is 6.03 Å². The molecule has 1 aromatic rings. The molecule has 0 aromatic heterocycles. The van der Waals surface area contributed by atoms with Crippen LogP contribution in [-0.4, -0.2) is 38.5 Å². The van der Waals surface area contributed by atoms with Gasteiger partial charge in [-0.15, -0.1) is 0 Å². The molecule has 0 radical (unpaired) electrons. The summed E-state index contributed by atoms with van der Waals surface area (Å²) >= 11 is 0.